The van der Waals surface area contributed by atoms with Crippen LogP contribution in [-0.2, 0) is 16.0 Å². The molecule has 1 aliphatic heterocycles. The predicted molar refractivity (Wildman–Crippen MR) is 80.1 cm³/mol. The summed E-state index contributed by atoms with van der Waals surface area (Å²) in [5, 5.41) is 2.79. The molecular weight excluding hydrogens is 268 g/mol. The van der Waals surface area contributed by atoms with Crippen LogP contribution in [0, 0.1) is 0 Å². The number of amides is 2. The van der Waals surface area contributed by atoms with Gasteiger partial charge in [0.2, 0.25) is 11.8 Å². The lowest BCUT2D eigenvalue weighted by atomic mass is 10.1. The lowest BCUT2D eigenvalue weighted by Gasteiger charge is -2.15. The van der Waals surface area contributed by atoms with Crippen LogP contribution in [0.5, 0.6) is 5.75 Å². The SMILES string of the molecule is COc1ccccc1CC(=O)NCCC(=O)N1CCCC1. The van der Waals surface area contributed by atoms with Crippen LogP contribution in [0.2, 0.25) is 0 Å². The molecule has 1 aromatic rings. The lowest BCUT2D eigenvalue weighted by Crippen LogP contribution is -2.33. The van der Waals surface area contributed by atoms with Crippen molar-refractivity contribution < 1.29 is 14.3 Å². The minimum absolute atomic E-state index is 0.0891. The zero-order valence-electron chi connectivity index (χ0n) is 12.4. The number of hydrogen-bond donors (Lipinski definition) is 1. The van der Waals surface area contributed by atoms with Crippen LogP contribution in [-0.4, -0.2) is 43.5 Å². The van der Waals surface area contributed by atoms with Gasteiger partial charge in [-0.05, 0) is 18.9 Å². The second kappa shape index (κ2) is 7.67. The van der Waals surface area contributed by atoms with Gasteiger partial charge in [0.05, 0.1) is 13.5 Å². The van der Waals surface area contributed by atoms with Crippen molar-refractivity contribution in [3.63, 3.8) is 0 Å². The molecule has 0 atom stereocenters. The van der Waals surface area contributed by atoms with E-state index in [0.29, 0.717) is 18.7 Å². The van der Waals surface area contributed by atoms with Gasteiger partial charge in [-0.2, -0.15) is 0 Å². The molecule has 0 spiro atoms. The Balaban J connectivity index is 1.73. The first-order valence-electron chi connectivity index (χ1n) is 7.37. The molecule has 21 heavy (non-hydrogen) atoms. The molecule has 5 heteroatoms. The van der Waals surface area contributed by atoms with Crippen molar-refractivity contribution in [2.45, 2.75) is 25.7 Å². The van der Waals surface area contributed by atoms with Gasteiger partial charge in [-0.25, -0.2) is 0 Å². The molecule has 1 N–H and O–H groups in total. The second-order valence-electron chi connectivity index (χ2n) is 5.18. The number of para-hydroxylation sites is 1. The van der Waals surface area contributed by atoms with Crippen LogP contribution >= 0.6 is 0 Å². The number of nitrogens with zero attached hydrogens (tertiary/aromatic N) is 1. The fraction of sp³-hybridized carbons (Fsp3) is 0.500. The summed E-state index contributed by atoms with van der Waals surface area (Å²) in [6.07, 6.45) is 2.82. The number of nitrogens with one attached hydrogen (secondary N) is 1. The Kier molecular flexibility index (Phi) is 5.60. The van der Waals surface area contributed by atoms with Gasteiger partial charge in [-0.3, -0.25) is 9.59 Å². The highest BCUT2D eigenvalue weighted by Gasteiger charge is 2.17. The van der Waals surface area contributed by atoms with Gasteiger partial charge in [-0.15, -0.1) is 0 Å². The number of rotatable bonds is 6. The van der Waals surface area contributed by atoms with Crippen LogP contribution in [0.3, 0.4) is 0 Å². The zero-order valence-corrected chi connectivity index (χ0v) is 12.4. The fourth-order valence-electron chi connectivity index (χ4n) is 2.52. The molecular formula is C16H22N2O3. The van der Waals surface area contributed by atoms with Gasteiger partial charge in [-0.1, -0.05) is 18.2 Å². The Bertz CT molecular complexity index is 496. The Hall–Kier alpha value is -2.04. The average molecular weight is 290 g/mol. The van der Waals surface area contributed by atoms with Crippen LogP contribution in [0.25, 0.3) is 0 Å². The molecule has 1 aliphatic rings. The fourth-order valence-corrected chi connectivity index (χ4v) is 2.52. The zero-order chi connectivity index (χ0) is 15.1. The molecule has 1 aromatic carbocycles. The number of carbonyl (C=O) groups is 2. The molecule has 1 saturated heterocycles. The Morgan fingerprint density at radius 2 is 1.95 bits per heavy atom. The van der Waals surface area contributed by atoms with Crippen molar-refractivity contribution in [3.05, 3.63) is 29.8 Å². The van der Waals surface area contributed by atoms with Crippen molar-refractivity contribution in [3.8, 4) is 5.75 Å². The summed E-state index contributed by atoms with van der Waals surface area (Å²) in [4.78, 5) is 25.6. The molecule has 0 radical (unpaired) electrons. The van der Waals surface area contributed by atoms with E-state index in [1.165, 1.54) is 0 Å². The van der Waals surface area contributed by atoms with Gasteiger partial charge in [0, 0.05) is 31.6 Å². The van der Waals surface area contributed by atoms with Gasteiger partial charge in [0.15, 0.2) is 0 Å². The first kappa shape index (κ1) is 15.4. The second-order valence-corrected chi connectivity index (χ2v) is 5.18. The summed E-state index contributed by atoms with van der Waals surface area (Å²) < 4.78 is 5.22. The molecule has 0 aromatic heterocycles. The van der Waals surface area contributed by atoms with Crippen LogP contribution in [0.15, 0.2) is 24.3 Å². The summed E-state index contributed by atoms with van der Waals surface area (Å²) in [7, 11) is 1.59. The molecule has 1 heterocycles. The highest BCUT2D eigenvalue weighted by atomic mass is 16.5. The predicted octanol–water partition coefficient (Wildman–Crippen LogP) is 1.37. The topological polar surface area (TPSA) is 58.6 Å². The Morgan fingerprint density at radius 1 is 1.24 bits per heavy atom. The number of methoxy groups -OCH3 is 1. The third kappa shape index (κ3) is 4.48. The van der Waals surface area contributed by atoms with Crippen LogP contribution in [0.4, 0.5) is 0 Å². The van der Waals surface area contributed by atoms with Crippen molar-refractivity contribution in [1.82, 2.24) is 10.2 Å². The minimum atomic E-state index is -0.0891. The molecule has 2 amide bonds. The third-order valence-electron chi connectivity index (χ3n) is 3.66. The quantitative estimate of drug-likeness (QED) is 0.861. The van der Waals surface area contributed by atoms with E-state index in [9.17, 15) is 9.59 Å². The van der Waals surface area contributed by atoms with Crippen LogP contribution in [0.1, 0.15) is 24.8 Å². The molecule has 2 rings (SSSR count). The highest BCUT2D eigenvalue weighted by Crippen LogP contribution is 2.17. The lowest BCUT2D eigenvalue weighted by molar-refractivity contribution is -0.130. The minimum Gasteiger partial charge on any atom is -0.496 e. The van der Waals surface area contributed by atoms with Gasteiger partial charge >= 0.3 is 0 Å². The first-order chi connectivity index (χ1) is 10.2. The number of hydrogen-bond acceptors (Lipinski definition) is 3. The number of benzene rings is 1. The molecule has 1 fully saturated rings. The van der Waals surface area contributed by atoms with Crippen molar-refractivity contribution in [1.29, 1.82) is 0 Å². The maximum Gasteiger partial charge on any atom is 0.224 e. The smallest absolute Gasteiger partial charge is 0.224 e. The van der Waals surface area contributed by atoms with E-state index in [1.807, 2.05) is 29.2 Å². The Labute approximate surface area is 125 Å². The van der Waals surface area contributed by atoms with Crippen molar-refractivity contribution in [2.75, 3.05) is 26.7 Å². The van der Waals surface area contributed by atoms with Crippen molar-refractivity contribution in [2.24, 2.45) is 0 Å². The highest BCUT2D eigenvalue weighted by molar-refractivity contribution is 5.81. The maximum absolute atomic E-state index is 11.9. The molecule has 0 saturated carbocycles. The summed E-state index contributed by atoms with van der Waals surface area (Å²) in [6.45, 7) is 2.10. The molecule has 0 bridgehead atoms. The maximum atomic E-state index is 11.9. The molecule has 0 aliphatic carbocycles. The van der Waals surface area contributed by atoms with E-state index < -0.39 is 0 Å². The monoisotopic (exact) mass is 290 g/mol. The largest absolute Gasteiger partial charge is 0.496 e. The summed E-state index contributed by atoms with van der Waals surface area (Å²) in [5.41, 5.74) is 0.850. The standard InChI is InChI=1S/C16H22N2O3/c1-21-14-7-3-2-6-13(14)12-15(19)17-9-8-16(20)18-10-4-5-11-18/h2-3,6-7H,4-5,8-12H2,1H3,(H,17,19). The van der Waals surface area contributed by atoms with E-state index in [2.05, 4.69) is 5.32 Å². The van der Waals surface area contributed by atoms with Gasteiger partial charge in [0.1, 0.15) is 5.75 Å². The molecule has 114 valence electrons. The normalized spacial score (nSPS) is 14.0. The number of likely N-dealkylation sites (tertiary alicyclic amines) is 1. The summed E-state index contributed by atoms with van der Waals surface area (Å²) in [5.74, 6) is 0.750. The van der Waals surface area contributed by atoms with Crippen molar-refractivity contribution >= 4 is 11.8 Å². The average Bonchev–Trinajstić information content (AvgIpc) is 3.02. The van der Waals surface area contributed by atoms with Gasteiger partial charge < -0.3 is 15.0 Å². The van der Waals surface area contributed by atoms with E-state index in [4.69, 9.17) is 4.74 Å². The van der Waals surface area contributed by atoms with Crippen LogP contribution < -0.4 is 10.1 Å². The van der Waals surface area contributed by atoms with E-state index in [1.54, 1.807) is 7.11 Å². The first-order valence-corrected chi connectivity index (χ1v) is 7.37. The Morgan fingerprint density at radius 3 is 2.67 bits per heavy atom. The number of ether oxygens (including phenoxy) is 1. The van der Waals surface area contributed by atoms with E-state index in [0.717, 1.165) is 31.5 Å². The summed E-state index contributed by atoms with van der Waals surface area (Å²) in [6, 6.07) is 7.45. The van der Waals surface area contributed by atoms with E-state index in [-0.39, 0.29) is 18.2 Å². The third-order valence-corrected chi connectivity index (χ3v) is 3.66. The van der Waals surface area contributed by atoms with E-state index >= 15 is 0 Å². The van der Waals surface area contributed by atoms with Gasteiger partial charge in [0.25, 0.3) is 0 Å². The molecule has 0 unspecified atom stereocenters. The molecule has 5 nitrogen and oxygen atoms in total. The summed E-state index contributed by atoms with van der Waals surface area (Å²) >= 11 is 0. The number of carbonyl (C=O) groups excluding carboxylic acids is 2.